The summed E-state index contributed by atoms with van der Waals surface area (Å²) in [6, 6.07) is 2.72. The van der Waals surface area contributed by atoms with Gasteiger partial charge < -0.3 is 4.74 Å². The van der Waals surface area contributed by atoms with E-state index in [9.17, 15) is 9.18 Å². The number of rotatable bonds is 2. The lowest BCUT2D eigenvalue weighted by atomic mass is 10.1. The number of halogens is 2. The molecule has 0 saturated carbocycles. The summed E-state index contributed by atoms with van der Waals surface area (Å²) in [4.78, 5) is 11.3. The van der Waals surface area contributed by atoms with E-state index in [4.69, 9.17) is 11.6 Å². The maximum absolute atomic E-state index is 13.2. The minimum absolute atomic E-state index is 0.114. The van der Waals surface area contributed by atoms with Crippen molar-refractivity contribution in [1.82, 2.24) is 0 Å². The Balaban J connectivity index is 3.18. The molecule has 0 aliphatic heterocycles. The fourth-order valence-corrected chi connectivity index (χ4v) is 1.28. The van der Waals surface area contributed by atoms with Crippen molar-refractivity contribution in [1.29, 1.82) is 0 Å². The molecule has 0 N–H and O–H groups in total. The first-order valence-electron chi connectivity index (χ1n) is 4.19. The van der Waals surface area contributed by atoms with Gasteiger partial charge in [0.05, 0.1) is 11.6 Å². The van der Waals surface area contributed by atoms with E-state index in [0.717, 1.165) is 0 Å². The third kappa shape index (κ3) is 2.04. The molecule has 0 unspecified atom stereocenters. The molecule has 0 amide bonds. The summed E-state index contributed by atoms with van der Waals surface area (Å²) >= 11 is 5.79. The molecule has 4 heteroatoms. The minimum atomic E-state index is -0.723. The molecule has 0 aliphatic rings. The van der Waals surface area contributed by atoms with Crippen molar-refractivity contribution >= 4 is 17.6 Å². The van der Waals surface area contributed by atoms with E-state index in [2.05, 4.69) is 4.74 Å². The Morgan fingerprint density at radius 1 is 1.57 bits per heavy atom. The third-order valence-corrected chi connectivity index (χ3v) is 2.25. The van der Waals surface area contributed by atoms with E-state index in [1.54, 1.807) is 13.8 Å². The molecule has 1 aromatic rings. The molecule has 1 rings (SSSR count). The van der Waals surface area contributed by atoms with E-state index in [1.165, 1.54) is 12.1 Å². The van der Waals surface area contributed by atoms with Gasteiger partial charge in [0, 0.05) is 0 Å². The average molecular weight is 217 g/mol. The first-order valence-corrected chi connectivity index (χ1v) is 4.57. The second-order valence-corrected chi connectivity index (χ2v) is 3.15. The lowest BCUT2D eigenvalue weighted by Gasteiger charge is -2.06. The third-order valence-electron chi connectivity index (χ3n) is 1.76. The molecule has 2 nitrogen and oxygen atoms in total. The van der Waals surface area contributed by atoms with Gasteiger partial charge >= 0.3 is 5.97 Å². The van der Waals surface area contributed by atoms with Gasteiger partial charge in [-0.05, 0) is 25.5 Å². The Morgan fingerprint density at radius 2 is 2.21 bits per heavy atom. The molecular weight excluding hydrogens is 207 g/mol. The van der Waals surface area contributed by atoms with Gasteiger partial charge in [-0.15, -0.1) is 0 Å². The van der Waals surface area contributed by atoms with Crippen molar-refractivity contribution < 1.29 is 13.9 Å². The highest BCUT2D eigenvalue weighted by atomic mass is 35.5. The van der Waals surface area contributed by atoms with Crippen LogP contribution in [0.4, 0.5) is 4.39 Å². The summed E-state index contributed by atoms with van der Waals surface area (Å²) in [5, 5.41) is 0.114. The molecular formula is C10H10ClFO2. The highest BCUT2D eigenvalue weighted by Crippen LogP contribution is 2.23. The Labute approximate surface area is 86.6 Å². The molecule has 0 saturated heterocycles. The van der Waals surface area contributed by atoms with Crippen LogP contribution in [0.3, 0.4) is 0 Å². The van der Waals surface area contributed by atoms with Gasteiger partial charge in [0.15, 0.2) is 0 Å². The van der Waals surface area contributed by atoms with Gasteiger partial charge in [0.25, 0.3) is 0 Å². The number of hydrogen-bond acceptors (Lipinski definition) is 2. The van der Waals surface area contributed by atoms with E-state index in [0.29, 0.717) is 5.56 Å². The second kappa shape index (κ2) is 4.42. The van der Waals surface area contributed by atoms with Crippen molar-refractivity contribution in [2.45, 2.75) is 13.8 Å². The fraction of sp³-hybridized carbons (Fsp3) is 0.300. The summed E-state index contributed by atoms with van der Waals surface area (Å²) in [5.41, 5.74) is 0.463. The molecule has 14 heavy (non-hydrogen) atoms. The van der Waals surface area contributed by atoms with Crippen LogP contribution in [0.25, 0.3) is 0 Å². The monoisotopic (exact) mass is 216 g/mol. The van der Waals surface area contributed by atoms with Crippen LogP contribution in [-0.2, 0) is 4.74 Å². The molecule has 76 valence electrons. The van der Waals surface area contributed by atoms with Crippen molar-refractivity contribution in [3.63, 3.8) is 0 Å². The molecule has 0 heterocycles. The quantitative estimate of drug-likeness (QED) is 0.711. The Kier molecular flexibility index (Phi) is 3.47. The van der Waals surface area contributed by atoms with Crippen LogP contribution in [-0.4, -0.2) is 12.6 Å². The van der Waals surface area contributed by atoms with E-state index in [1.807, 2.05) is 0 Å². The van der Waals surface area contributed by atoms with Crippen LogP contribution in [0.15, 0.2) is 12.1 Å². The number of carbonyl (C=O) groups excluding carboxylic acids is 1. The number of ether oxygens (including phenoxy) is 1. The SMILES string of the molecule is CCOC(=O)c1c(F)ccc(C)c1Cl. The van der Waals surface area contributed by atoms with Gasteiger partial charge in [-0.1, -0.05) is 17.7 Å². The molecule has 0 atom stereocenters. The summed E-state index contributed by atoms with van der Waals surface area (Å²) in [6.45, 7) is 3.55. The highest BCUT2D eigenvalue weighted by Gasteiger charge is 2.18. The lowest BCUT2D eigenvalue weighted by Crippen LogP contribution is -2.08. The van der Waals surface area contributed by atoms with Crippen LogP contribution in [0.5, 0.6) is 0 Å². The molecule has 0 aromatic heterocycles. The Bertz CT molecular complexity index is 363. The molecule has 0 radical (unpaired) electrons. The van der Waals surface area contributed by atoms with Crippen molar-refractivity contribution in [2.24, 2.45) is 0 Å². The lowest BCUT2D eigenvalue weighted by molar-refractivity contribution is 0.0521. The average Bonchev–Trinajstić information content (AvgIpc) is 2.13. The van der Waals surface area contributed by atoms with Gasteiger partial charge in [-0.3, -0.25) is 0 Å². The zero-order valence-electron chi connectivity index (χ0n) is 7.93. The first-order chi connectivity index (χ1) is 6.57. The van der Waals surface area contributed by atoms with Crippen LogP contribution in [0, 0.1) is 12.7 Å². The Hall–Kier alpha value is -1.09. The van der Waals surface area contributed by atoms with Crippen LogP contribution in [0.2, 0.25) is 5.02 Å². The topological polar surface area (TPSA) is 26.3 Å². The highest BCUT2D eigenvalue weighted by molar-refractivity contribution is 6.34. The maximum Gasteiger partial charge on any atom is 0.342 e. The molecule has 1 aromatic carbocycles. The van der Waals surface area contributed by atoms with Gasteiger partial charge in [0.2, 0.25) is 0 Å². The molecule has 0 fully saturated rings. The zero-order chi connectivity index (χ0) is 10.7. The van der Waals surface area contributed by atoms with Crippen LogP contribution < -0.4 is 0 Å². The normalized spacial score (nSPS) is 10.0. The summed E-state index contributed by atoms with van der Waals surface area (Å²) in [6.07, 6.45) is 0. The van der Waals surface area contributed by atoms with Gasteiger partial charge in [-0.2, -0.15) is 0 Å². The fourth-order valence-electron chi connectivity index (χ4n) is 1.05. The first kappa shape index (κ1) is 11.0. The molecule has 0 spiro atoms. The number of benzene rings is 1. The maximum atomic E-state index is 13.2. The molecule has 0 aliphatic carbocycles. The van der Waals surface area contributed by atoms with Gasteiger partial charge in [0.1, 0.15) is 11.4 Å². The van der Waals surface area contributed by atoms with Crippen molar-refractivity contribution in [2.75, 3.05) is 6.61 Å². The number of aryl methyl sites for hydroxylation is 1. The number of esters is 1. The number of carbonyl (C=O) groups is 1. The van der Waals surface area contributed by atoms with Crippen molar-refractivity contribution in [3.05, 3.63) is 34.1 Å². The molecule has 0 bridgehead atoms. The standard InChI is InChI=1S/C10H10ClFO2/c1-3-14-10(13)8-7(12)5-4-6(2)9(8)11/h4-5H,3H2,1-2H3. The largest absolute Gasteiger partial charge is 0.462 e. The second-order valence-electron chi connectivity index (χ2n) is 2.77. The number of hydrogen-bond donors (Lipinski definition) is 0. The smallest absolute Gasteiger partial charge is 0.342 e. The predicted molar refractivity (Wildman–Crippen MR) is 52.1 cm³/mol. The summed E-state index contributed by atoms with van der Waals surface area (Å²) in [7, 11) is 0. The van der Waals surface area contributed by atoms with Gasteiger partial charge in [-0.25, -0.2) is 9.18 Å². The zero-order valence-corrected chi connectivity index (χ0v) is 8.69. The Morgan fingerprint density at radius 3 is 2.79 bits per heavy atom. The van der Waals surface area contributed by atoms with Crippen molar-refractivity contribution in [3.8, 4) is 0 Å². The minimum Gasteiger partial charge on any atom is -0.462 e. The summed E-state index contributed by atoms with van der Waals surface area (Å²) < 4.78 is 17.9. The van der Waals surface area contributed by atoms with Crippen LogP contribution >= 0.6 is 11.6 Å². The van der Waals surface area contributed by atoms with Crippen LogP contribution in [0.1, 0.15) is 22.8 Å². The van der Waals surface area contributed by atoms with E-state index in [-0.39, 0.29) is 17.2 Å². The van der Waals surface area contributed by atoms with E-state index < -0.39 is 11.8 Å². The predicted octanol–water partition coefficient (Wildman–Crippen LogP) is 2.96. The van der Waals surface area contributed by atoms with E-state index >= 15 is 0 Å². The summed E-state index contributed by atoms with van der Waals surface area (Å²) in [5.74, 6) is -1.38.